The van der Waals surface area contributed by atoms with Gasteiger partial charge < -0.3 is 16.8 Å². The highest BCUT2D eigenvalue weighted by atomic mass is 15.1. The monoisotopic (exact) mass is 99.1 g/mol. The van der Waals surface area contributed by atoms with Crippen LogP contribution in [0.15, 0.2) is 11.9 Å². The molecule has 0 spiro atoms. The Morgan fingerprint density at radius 1 is 1.86 bits per heavy atom. The average Bonchev–Trinajstić information content (AvgIpc) is 2.44. The molecule has 0 amide bonds. The minimum atomic E-state index is 0.380. The Kier molecular flexibility index (Phi) is 0.906. The molecule has 0 aromatic carbocycles. The van der Waals surface area contributed by atoms with Crippen molar-refractivity contribution in [2.24, 2.45) is 11.5 Å². The van der Waals surface area contributed by atoms with E-state index in [1.54, 1.807) is 0 Å². The minimum Gasteiger partial charge on any atom is -0.403 e. The van der Waals surface area contributed by atoms with Gasteiger partial charge in [-0.25, -0.2) is 0 Å². The molecule has 1 aliphatic heterocycles. The summed E-state index contributed by atoms with van der Waals surface area (Å²) in [6.07, 6.45) is 1.44. The maximum atomic E-state index is 5.35. The van der Waals surface area contributed by atoms with Gasteiger partial charge in [0.2, 0.25) is 0 Å². The number of rotatable bonds is 1. The smallest absolute Gasteiger partial charge is 0.0609 e. The zero-order valence-corrected chi connectivity index (χ0v) is 4.02. The molecule has 1 rings (SSSR count). The summed E-state index contributed by atoms with van der Waals surface area (Å²) in [6, 6.07) is 0.380. The molecule has 1 saturated heterocycles. The molecule has 0 saturated carbocycles. The Bertz CT molecular complexity index is 93.1. The second kappa shape index (κ2) is 1.42. The van der Waals surface area contributed by atoms with Gasteiger partial charge in [-0.15, -0.1) is 0 Å². The first kappa shape index (κ1) is 4.46. The van der Waals surface area contributed by atoms with Gasteiger partial charge in [0, 0.05) is 18.4 Å². The lowest BCUT2D eigenvalue weighted by atomic mass is 10.4. The Morgan fingerprint density at radius 3 is 2.57 bits per heavy atom. The summed E-state index contributed by atoms with van der Waals surface area (Å²) in [5, 5.41) is 3.01. The molecule has 5 N–H and O–H groups in total. The fraction of sp³-hybridized carbons (Fsp3) is 0.500. The van der Waals surface area contributed by atoms with Gasteiger partial charge in [0.1, 0.15) is 0 Å². The number of nitrogens with two attached hydrogens (primary N) is 2. The van der Waals surface area contributed by atoms with E-state index < -0.39 is 0 Å². The maximum absolute atomic E-state index is 5.35. The Hall–Kier alpha value is -0.700. The van der Waals surface area contributed by atoms with E-state index in [9.17, 15) is 0 Å². The molecule has 3 nitrogen and oxygen atoms in total. The highest BCUT2D eigenvalue weighted by Gasteiger charge is 2.21. The summed E-state index contributed by atoms with van der Waals surface area (Å²) >= 11 is 0. The van der Waals surface area contributed by atoms with Crippen LogP contribution in [-0.4, -0.2) is 12.6 Å². The van der Waals surface area contributed by atoms with Crippen LogP contribution in [0.1, 0.15) is 0 Å². The van der Waals surface area contributed by atoms with Crippen molar-refractivity contribution in [3.63, 3.8) is 0 Å². The highest BCUT2D eigenvalue weighted by molar-refractivity contribution is 5.12. The molecule has 3 heteroatoms. The van der Waals surface area contributed by atoms with E-state index >= 15 is 0 Å². The SMILES string of the molecule is N/C=C(\N)C1CN1. The molecular weight excluding hydrogens is 90.1 g/mol. The van der Waals surface area contributed by atoms with Crippen LogP contribution < -0.4 is 16.8 Å². The maximum Gasteiger partial charge on any atom is 0.0609 e. The molecule has 0 bridgehead atoms. The van der Waals surface area contributed by atoms with E-state index in [-0.39, 0.29) is 0 Å². The topological polar surface area (TPSA) is 74.0 Å². The van der Waals surface area contributed by atoms with Gasteiger partial charge in [0.05, 0.1) is 6.04 Å². The molecule has 0 aliphatic carbocycles. The van der Waals surface area contributed by atoms with E-state index in [0.717, 1.165) is 12.2 Å². The van der Waals surface area contributed by atoms with E-state index in [1.165, 1.54) is 6.20 Å². The van der Waals surface area contributed by atoms with Crippen LogP contribution in [0.3, 0.4) is 0 Å². The van der Waals surface area contributed by atoms with Crippen LogP contribution in [0.2, 0.25) is 0 Å². The molecule has 40 valence electrons. The molecule has 1 unspecified atom stereocenters. The lowest BCUT2D eigenvalue weighted by molar-refractivity contribution is 1.06. The third kappa shape index (κ3) is 0.838. The first-order valence-corrected chi connectivity index (χ1v) is 2.25. The van der Waals surface area contributed by atoms with Gasteiger partial charge in [-0.05, 0) is 0 Å². The average molecular weight is 99.1 g/mol. The minimum absolute atomic E-state index is 0.380. The first-order chi connectivity index (χ1) is 3.34. The lowest BCUT2D eigenvalue weighted by Gasteiger charge is -1.88. The summed E-state index contributed by atoms with van der Waals surface area (Å²) in [5.41, 5.74) is 11.2. The van der Waals surface area contributed by atoms with Crippen molar-refractivity contribution in [3.8, 4) is 0 Å². The van der Waals surface area contributed by atoms with E-state index in [4.69, 9.17) is 11.5 Å². The zero-order chi connectivity index (χ0) is 5.28. The van der Waals surface area contributed by atoms with Crippen LogP contribution in [0, 0.1) is 0 Å². The Balaban J connectivity index is 2.37. The normalized spacial score (nSPS) is 30.3. The van der Waals surface area contributed by atoms with Crippen LogP contribution in [0.4, 0.5) is 0 Å². The van der Waals surface area contributed by atoms with Crippen LogP contribution in [0.25, 0.3) is 0 Å². The molecule has 1 heterocycles. The van der Waals surface area contributed by atoms with Crippen LogP contribution in [0.5, 0.6) is 0 Å². The highest BCUT2D eigenvalue weighted by Crippen LogP contribution is 2.01. The van der Waals surface area contributed by atoms with Crippen molar-refractivity contribution in [1.82, 2.24) is 5.32 Å². The first-order valence-electron chi connectivity index (χ1n) is 2.25. The van der Waals surface area contributed by atoms with Crippen molar-refractivity contribution in [1.29, 1.82) is 0 Å². The predicted molar refractivity (Wildman–Crippen MR) is 28.2 cm³/mol. The Morgan fingerprint density at radius 2 is 2.43 bits per heavy atom. The molecule has 0 aromatic rings. The standard InChI is InChI=1S/C4H9N3/c5-1-3(6)4-2-7-4/h1,4,7H,2,5-6H2/b3-1-. The van der Waals surface area contributed by atoms with Gasteiger partial charge in [0.25, 0.3) is 0 Å². The zero-order valence-electron chi connectivity index (χ0n) is 4.02. The van der Waals surface area contributed by atoms with Gasteiger partial charge in [-0.2, -0.15) is 0 Å². The van der Waals surface area contributed by atoms with Crippen LogP contribution >= 0.6 is 0 Å². The summed E-state index contributed by atoms with van der Waals surface area (Å²) in [6.45, 7) is 0.986. The summed E-state index contributed by atoms with van der Waals surface area (Å²) in [4.78, 5) is 0. The lowest BCUT2D eigenvalue weighted by Crippen LogP contribution is -2.08. The quantitative estimate of drug-likeness (QED) is 0.358. The van der Waals surface area contributed by atoms with E-state index in [2.05, 4.69) is 5.32 Å². The number of hydrogen-bond acceptors (Lipinski definition) is 3. The van der Waals surface area contributed by atoms with Crippen LogP contribution in [-0.2, 0) is 0 Å². The summed E-state index contributed by atoms with van der Waals surface area (Å²) < 4.78 is 0. The fourth-order valence-corrected chi connectivity index (χ4v) is 0.411. The summed E-state index contributed by atoms with van der Waals surface area (Å²) in [7, 11) is 0. The van der Waals surface area contributed by atoms with Gasteiger partial charge in [0.15, 0.2) is 0 Å². The fourth-order valence-electron chi connectivity index (χ4n) is 0.411. The Labute approximate surface area is 42.4 Å². The molecule has 7 heavy (non-hydrogen) atoms. The molecule has 0 radical (unpaired) electrons. The summed E-state index contributed by atoms with van der Waals surface area (Å²) in [5.74, 6) is 0. The van der Waals surface area contributed by atoms with E-state index in [1.807, 2.05) is 0 Å². The largest absolute Gasteiger partial charge is 0.403 e. The third-order valence-electron chi connectivity index (χ3n) is 1.00. The van der Waals surface area contributed by atoms with Crippen molar-refractivity contribution >= 4 is 0 Å². The molecule has 1 fully saturated rings. The predicted octanol–water partition coefficient (Wildman–Crippen LogP) is -1.28. The second-order valence-corrected chi connectivity index (χ2v) is 1.63. The van der Waals surface area contributed by atoms with Gasteiger partial charge in [-0.3, -0.25) is 0 Å². The van der Waals surface area contributed by atoms with Crippen molar-refractivity contribution in [2.45, 2.75) is 6.04 Å². The van der Waals surface area contributed by atoms with Crippen molar-refractivity contribution < 1.29 is 0 Å². The van der Waals surface area contributed by atoms with Gasteiger partial charge in [-0.1, -0.05) is 0 Å². The van der Waals surface area contributed by atoms with E-state index in [0.29, 0.717) is 6.04 Å². The molecule has 1 aliphatic rings. The van der Waals surface area contributed by atoms with Gasteiger partial charge >= 0.3 is 0 Å². The molecule has 1 atom stereocenters. The molecular formula is C4H9N3. The van der Waals surface area contributed by atoms with Crippen molar-refractivity contribution in [3.05, 3.63) is 11.9 Å². The number of nitrogens with one attached hydrogen (secondary N) is 1. The second-order valence-electron chi connectivity index (χ2n) is 1.63. The van der Waals surface area contributed by atoms with Crippen molar-refractivity contribution in [2.75, 3.05) is 6.54 Å². The molecule has 0 aromatic heterocycles. The third-order valence-corrected chi connectivity index (χ3v) is 1.00. The number of hydrogen-bond donors (Lipinski definition) is 3.